The van der Waals surface area contributed by atoms with Crippen molar-refractivity contribution in [3.63, 3.8) is 0 Å². The Kier molecular flexibility index (Phi) is 4.67. The summed E-state index contributed by atoms with van der Waals surface area (Å²) < 4.78 is 7.24. The number of imide groups is 1. The van der Waals surface area contributed by atoms with E-state index in [0.29, 0.717) is 29.1 Å². The number of fused-ring (bicyclic) bond motifs is 2. The first-order chi connectivity index (χ1) is 14.6. The summed E-state index contributed by atoms with van der Waals surface area (Å²) in [4.78, 5) is 37.9. The Labute approximate surface area is 174 Å². The fourth-order valence-electron chi connectivity index (χ4n) is 4.48. The molecule has 1 aromatic carbocycles. The van der Waals surface area contributed by atoms with Crippen LogP contribution >= 0.6 is 0 Å². The number of likely N-dealkylation sites (tertiary alicyclic amines) is 1. The van der Waals surface area contributed by atoms with Crippen LogP contribution in [0.2, 0.25) is 0 Å². The lowest BCUT2D eigenvalue weighted by atomic mass is 10.0. The van der Waals surface area contributed by atoms with Crippen molar-refractivity contribution in [1.29, 1.82) is 0 Å². The number of methoxy groups -OCH3 is 1. The summed E-state index contributed by atoms with van der Waals surface area (Å²) in [7, 11) is 3.74. The van der Waals surface area contributed by atoms with E-state index in [9.17, 15) is 9.59 Å². The van der Waals surface area contributed by atoms with Gasteiger partial charge in [-0.15, -0.1) is 0 Å². The van der Waals surface area contributed by atoms with Crippen LogP contribution in [0.25, 0.3) is 22.6 Å². The topological polar surface area (TPSA) is 83.5 Å². The maximum absolute atomic E-state index is 13.1. The van der Waals surface area contributed by atoms with Crippen LogP contribution in [0.5, 0.6) is 0 Å². The van der Waals surface area contributed by atoms with Gasteiger partial charge in [0.15, 0.2) is 5.82 Å². The first-order valence-electron chi connectivity index (χ1n) is 10.3. The summed E-state index contributed by atoms with van der Waals surface area (Å²) in [5, 5.41) is 0. The summed E-state index contributed by atoms with van der Waals surface area (Å²) in [5.41, 5.74) is 3.31. The van der Waals surface area contributed by atoms with Crippen molar-refractivity contribution in [2.24, 2.45) is 0 Å². The van der Waals surface area contributed by atoms with Crippen molar-refractivity contribution >= 4 is 22.8 Å². The molecule has 1 saturated heterocycles. The summed E-state index contributed by atoms with van der Waals surface area (Å²) in [6.07, 6.45) is 3.62. The van der Waals surface area contributed by atoms with Gasteiger partial charge in [0.25, 0.3) is 11.8 Å². The monoisotopic (exact) mass is 407 g/mol. The van der Waals surface area contributed by atoms with Gasteiger partial charge in [-0.3, -0.25) is 14.5 Å². The van der Waals surface area contributed by atoms with E-state index < -0.39 is 0 Å². The number of piperidine rings is 1. The van der Waals surface area contributed by atoms with Crippen molar-refractivity contribution in [1.82, 2.24) is 24.3 Å². The summed E-state index contributed by atoms with van der Waals surface area (Å²) in [6.45, 7) is 3.11. The second-order valence-electron chi connectivity index (χ2n) is 8.09. The average molecular weight is 407 g/mol. The normalized spacial score (nSPS) is 18.0. The number of imidazole rings is 1. The largest absolute Gasteiger partial charge is 0.383 e. The smallest absolute Gasteiger partial charge is 0.261 e. The van der Waals surface area contributed by atoms with Crippen LogP contribution in [-0.2, 0) is 11.3 Å². The van der Waals surface area contributed by atoms with Gasteiger partial charge in [0.2, 0.25) is 0 Å². The number of ether oxygens (including phenoxy) is 1. The molecule has 1 fully saturated rings. The second kappa shape index (κ2) is 7.37. The molecule has 2 amide bonds. The number of rotatable bonds is 5. The Hall–Kier alpha value is -2.97. The van der Waals surface area contributed by atoms with Gasteiger partial charge in [0, 0.05) is 25.9 Å². The Bertz CT molecular complexity index is 1070. The molecule has 156 valence electrons. The van der Waals surface area contributed by atoms with Crippen LogP contribution in [-0.4, -0.2) is 76.0 Å². The predicted molar refractivity (Wildman–Crippen MR) is 112 cm³/mol. The van der Waals surface area contributed by atoms with Crippen molar-refractivity contribution in [3.05, 3.63) is 41.6 Å². The van der Waals surface area contributed by atoms with Gasteiger partial charge >= 0.3 is 0 Å². The van der Waals surface area contributed by atoms with E-state index in [-0.39, 0.29) is 17.9 Å². The number of aromatic nitrogens is 3. The molecule has 0 unspecified atom stereocenters. The van der Waals surface area contributed by atoms with Gasteiger partial charge in [-0.05, 0) is 57.2 Å². The number of carbonyl (C=O) groups excluding carboxylic acids is 2. The highest BCUT2D eigenvalue weighted by atomic mass is 16.5. The van der Waals surface area contributed by atoms with Crippen molar-refractivity contribution < 1.29 is 14.3 Å². The maximum Gasteiger partial charge on any atom is 0.261 e. The number of benzene rings is 1. The van der Waals surface area contributed by atoms with Gasteiger partial charge in [0.05, 0.1) is 34.5 Å². The Balaban J connectivity index is 1.47. The average Bonchev–Trinajstić information content (AvgIpc) is 3.43. The van der Waals surface area contributed by atoms with E-state index in [1.165, 1.54) is 4.90 Å². The lowest BCUT2D eigenvalue weighted by Crippen LogP contribution is -2.46. The Morgan fingerprint density at radius 3 is 2.63 bits per heavy atom. The number of hydrogen-bond acceptors (Lipinski definition) is 5. The highest BCUT2D eigenvalue weighted by molar-refractivity contribution is 6.23. The molecule has 0 bridgehead atoms. The minimum absolute atomic E-state index is 0.0282. The highest BCUT2D eigenvalue weighted by Gasteiger charge is 2.41. The van der Waals surface area contributed by atoms with Crippen LogP contribution < -0.4 is 0 Å². The van der Waals surface area contributed by atoms with E-state index in [1.807, 2.05) is 18.3 Å². The number of H-pyrrole nitrogens is 1. The zero-order valence-corrected chi connectivity index (χ0v) is 17.2. The first-order valence-corrected chi connectivity index (χ1v) is 10.3. The number of amides is 2. The molecule has 0 spiro atoms. The quantitative estimate of drug-likeness (QED) is 0.657. The van der Waals surface area contributed by atoms with Gasteiger partial charge < -0.3 is 19.2 Å². The number of nitrogens with zero attached hydrogens (tertiary/aromatic N) is 4. The van der Waals surface area contributed by atoms with Crippen molar-refractivity contribution in [2.45, 2.75) is 25.4 Å². The number of carbonyl (C=O) groups is 2. The van der Waals surface area contributed by atoms with Gasteiger partial charge in [-0.2, -0.15) is 0 Å². The predicted octanol–water partition coefficient (Wildman–Crippen LogP) is 2.37. The number of nitrogens with one attached hydrogen (secondary N) is 1. The van der Waals surface area contributed by atoms with Gasteiger partial charge in [-0.25, -0.2) is 4.98 Å². The second-order valence-corrected chi connectivity index (χ2v) is 8.09. The molecule has 3 aromatic rings. The first kappa shape index (κ1) is 19.0. The van der Waals surface area contributed by atoms with Crippen molar-refractivity contribution in [3.8, 4) is 11.5 Å². The van der Waals surface area contributed by atoms with Crippen LogP contribution in [0.3, 0.4) is 0 Å². The zero-order chi connectivity index (χ0) is 20.8. The molecule has 2 aliphatic rings. The molecule has 4 heterocycles. The van der Waals surface area contributed by atoms with Crippen LogP contribution in [0.4, 0.5) is 0 Å². The van der Waals surface area contributed by atoms with E-state index in [0.717, 1.165) is 43.7 Å². The summed E-state index contributed by atoms with van der Waals surface area (Å²) in [6, 6.07) is 7.45. The van der Waals surface area contributed by atoms with Gasteiger partial charge in [0.1, 0.15) is 0 Å². The fraction of sp³-hybridized carbons (Fsp3) is 0.409. The van der Waals surface area contributed by atoms with E-state index in [4.69, 9.17) is 9.72 Å². The molecule has 5 rings (SSSR count). The van der Waals surface area contributed by atoms with Crippen molar-refractivity contribution in [2.75, 3.05) is 33.9 Å². The van der Waals surface area contributed by atoms with E-state index in [2.05, 4.69) is 21.5 Å². The zero-order valence-electron chi connectivity index (χ0n) is 17.2. The number of hydrogen-bond donors (Lipinski definition) is 1. The maximum atomic E-state index is 13.1. The molecular weight excluding hydrogens is 382 g/mol. The number of aromatic amines is 1. The molecular formula is C22H25N5O3. The Morgan fingerprint density at radius 2 is 1.90 bits per heavy atom. The third kappa shape index (κ3) is 3.03. The van der Waals surface area contributed by atoms with Crippen LogP contribution in [0.1, 0.15) is 33.6 Å². The minimum Gasteiger partial charge on any atom is -0.383 e. The van der Waals surface area contributed by atoms with E-state index in [1.54, 1.807) is 19.2 Å². The van der Waals surface area contributed by atoms with Crippen LogP contribution in [0, 0.1) is 0 Å². The molecule has 2 aromatic heterocycles. The molecule has 2 aliphatic heterocycles. The molecule has 8 heteroatoms. The standard InChI is InChI=1S/C22H25N5O3/c1-25-8-5-14(6-9-25)27-21(28)15-12-17-18(13-16(15)22(27)29)24-20(23-17)19-4-3-7-26(19)10-11-30-2/h3-4,7,12-14H,5-6,8-11H2,1-2H3,(H,23,24). The van der Waals surface area contributed by atoms with Gasteiger partial charge in [-0.1, -0.05) is 0 Å². The molecule has 8 nitrogen and oxygen atoms in total. The molecule has 0 aliphatic carbocycles. The molecule has 0 saturated carbocycles. The highest BCUT2D eigenvalue weighted by Crippen LogP contribution is 2.32. The summed E-state index contributed by atoms with van der Waals surface area (Å²) in [5.74, 6) is 0.326. The molecule has 0 radical (unpaired) electrons. The third-order valence-electron chi connectivity index (χ3n) is 6.18. The van der Waals surface area contributed by atoms with Crippen LogP contribution in [0.15, 0.2) is 30.5 Å². The lowest BCUT2D eigenvalue weighted by Gasteiger charge is -2.33. The molecule has 1 N–H and O–H groups in total. The van der Waals surface area contributed by atoms with E-state index >= 15 is 0 Å². The SMILES string of the molecule is COCCn1cccc1-c1nc2cc3c(cc2[nH]1)C(=O)N(C1CCN(C)CC1)C3=O. The third-order valence-corrected chi connectivity index (χ3v) is 6.18. The lowest BCUT2D eigenvalue weighted by molar-refractivity contribution is 0.0516. The minimum atomic E-state index is -0.195. The summed E-state index contributed by atoms with van der Waals surface area (Å²) >= 11 is 0. The Morgan fingerprint density at radius 1 is 1.17 bits per heavy atom. The molecule has 30 heavy (non-hydrogen) atoms. The fourth-order valence-corrected chi connectivity index (χ4v) is 4.48. The molecule has 0 atom stereocenters.